The van der Waals surface area contributed by atoms with Gasteiger partial charge >= 0.3 is 0 Å². The molecule has 0 fully saturated rings. The van der Waals surface area contributed by atoms with E-state index in [1.807, 2.05) is 0 Å². The fourth-order valence-electron chi connectivity index (χ4n) is 3.60. The molecule has 2 aliphatic heterocycles. The van der Waals surface area contributed by atoms with Gasteiger partial charge in [0.15, 0.2) is 0 Å². The molecular weight excluding hydrogens is 428 g/mol. The molecule has 9 nitrogen and oxygen atoms in total. The van der Waals surface area contributed by atoms with Crippen molar-refractivity contribution in [3.8, 4) is 0 Å². The fraction of sp³-hybridized carbons (Fsp3) is 0.263. The smallest absolute Gasteiger partial charge is 0.263 e. The summed E-state index contributed by atoms with van der Waals surface area (Å²) in [6.45, 7) is 2.00. The number of hydrogen-bond donors (Lipinski definition) is 2. The van der Waals surface area contributed by atoms with Crippen LogP contribution in [-0.4, -0.2) is 48.2 Å². The average Bonchev–Trinajstić information content (AvgIpc) is 3.26. The van der Waals surface area contributed by atoms with E-state index in [1.165, 1.54) is 19.2 Å². The number of benzene rings is 2. The van der Waals surface area contributed by atoms with Crippen LogP contribution in [0.4, 0.5) is 5.69 Å². The highest BCUT2D eigenvalue weighted by Gasteiger charge is 2.33. The molecule has 0 bridgehead atoms. The summed E-state index contributed by atoms with van der Waals surface area (Å²) in [6.07, 6.45) is 0.521. The largest absolute Gasteiger partial charge is 0.310 e. The number of carbonyl (C=O) groups is 1. The first-order chi connectivity index (χ1) is 14.1. The zero-order chi connectivity index (χ0) is 21.7. The minimum atomic E-state index is -3.68. The summed E-state index contributed by atoms with van der Waals surface area (Å²) in [4.78, 5) is 19.2. The van der Waals surface area contributed by atoms with Crippen molar-refractivity contribution in [3.05, 3.63) is 53.6 Å². The van der Waals surface area contributed by atoms with Crippen LogP contribution in [0.5, 0.6) is 0 Å². The number of aliphatic imine (C=N–C) groups is 1. The van der Waals surface area contributed by atoms with Gasteiger partial charge in [-0.25, -0.2) is 21.6 Å². The fourth-order valence-corrected chi connectivity index (χ4v) is 5.62. The highest BCUT2D eigenvalue weighted by molar-refractivity contribution is 7.90. The molecule has 11 heteroatoms. The molecule has 158 valence electrons. The van der Waals surface area contributed by atoms with E-state index in [9.17, 15) is 21.6 Å². The number of fused-ring (bicyclic) bond motifs is 2. The molecular formula is C19H20N4O5S2. The topological polar surface area (TPSA) is 125 Å². The van der Waals surface area contributed by atoms with Gasteiger partial charge in [-0.1, -0.05) is 12.1 Å². The molecule has 4 rings (SSSR count). The van der Waals surface area contributed by atoms with E-state index in [-0.39, 0.29) is 21.5 Å². The zero-order valence-corrected chi connectivity index (χ0v) is 17.9. The molecule has 2 heterocycles. The van der Waals surface area contributed by atoms with Gasteiger partial charge in [0.1, 0.15) is 11.9 Å². The van der Waals surface area contributed by atoms with Gasteiger partial charge in [0, 0.05) is 17.8 Å². The van der Waals surface area contributed by atoms with Crippen molar-refractivity contribution < 1.29 is 21.6 Å². The van der Waals surface area contributed by atoms with Crippen molar-refractivity contribution in [1.29, 1.82) is 0 Å². The average molecular weight is 449 g/mol. The predicted molar refractivity (Wildman–Crippen MR) is 112 cm³/mol. The molecule has 1 amide bonds. The van der Waals surface area contributed by atoms with Crippen molar-refractivity contribution in [2.45, 2.75) is 29.2 Å². The van der Waals surface area contributed by atoms with Crippen LogP contribution in [-0.2, 0) is 31.3 Å². The number of amides is 1. The van der Waals surface area contributed by atoms with Crippen molar-refractivity contribution in [2.24, 2.45) is 4.99 Å². The van der Waals surface area contributed by atoms with E-state index >= 15 is 0 Å². The number of nitrogens with zero attached hydrogens (tertiary/aromatic N) is 2. The summed E-state index contributed by atoms with van der Waals surface area (Å²) in [6, 6.07) is 10.2. The third kappa shape index (κ3) is 3.38. The number of amidine groups is 1. The van der Waals surface area contributed by atoms with E-state index < -0.39 is 26.1 Å². The standard InChI is InChI=1S/C19H20N4O5S2/c1-12(21-18-15-5-3-4-6-17(15)30(27,28)22-18)19(24)23-10-9-13-11-14(7-8-16(13)23)29(25,26)20-2/h3-8,11-12,20H,9-10H2,1-2H3,(H,21,22)/t12-/m0/s1. The summed E-state index contributed by atoms with van der Waals surface area (Å²) in [5.74, 6) is -0.157. The summed E-state index contributed by atoms with van der Waals surface area (Å²) >= 11 is 0. The molecule has 2 aromatic rings. The Morgan fingerprint density at radius 3 is 2.70 bits per heavy atom. The van der Waals surface area contributed by atoms with Crippen LogP contribution in [0.15, 0.2) is 57.2 Å². The van der Waals surface area contributed by atoms with Crippen molar-refractivity contribution >= 4 is 37.5 Å². The maximum absolute atomic E-state index is 13.0. The maximum Gasteiger partial charge on any atom is 0.263 e. The summed E-state index contributed by atoms with van der Waals surface area (Å²) in [5, 5.41) is 0. The predicted octanol–water partition coefficient (Wildman–Crippen LogP) is 0.611. The van der Waals surface area contributed by atoms with E-state index in [2.05, 4.69) is 14.4 Å². The molecule has 2 aromatic carbocycles. The van der Waals surface area contributed by atoms with Gasteiger partial charge < -0.3 is 4.90 Å². The monoisotopic (exact) mass is 448 g/mol. The third-order valence-corrected chi connectivity index (χ3v) is 7.94. The number of hydrogen-bond acceptors (Lipinski definition) is 6. The first-order valence-corrected chi connectivity index (χ1v) is 12.2. The summed E-state index contributed by atoms with van der Waals surface area (Å²) in [7, 11) is -5.91. The minimum absolute atomic E-state index is 0.133. The molecule has 2 N–H and O–H groups in total. The van der Waals surface area contributed by atoms with Crippen molar-refractivity contribution in [3.63, 3.8) is 0 Å². The Labute approximate surface area is 174 Å². The lowest BCUT2D eigenvalue weighted by molar-refractivity contribution is -0.119. The minimum Gasteiger partial charge on any atom is -0.310 e. The molecule has 0 unspecified atom stereocenters. The van der Waals surface area contributed by atoms with E-state index in [4.69, 9.17) is 0 Å². The van der Waals surface area contributed by atoms with Crippen LogP contribution in [0, 0.1) is 0 Å². The third-order valence-electron chi connectivity index (χ3n) is 5.13. The Morgan fingerprint density at radius 2 is 1.97 bits per heavy atom. The number of nitrogens with one attached hydrogen (secondary N) is 2. The Balaban J connectivity index is 1.61. The van der Waals surface area contributed by atoms with E-state index in [0.717, 1.165) is 5.56 Å². The number of sulfonamides is 2. The van der Waals surface area contributed by atoms with Gasteiger partial charge in [-0.15, -0.1) is 0 Å². The van der Waals surface area contributed by atoms with Crippen LogP contribution < -0.4 is 14.3 Å². The van der Waals surface area contributed by atoms with Gasteiger partial charge in [0.25, 0.3) is 15.9 Å². The second-order valence-electron chi connectivity index (χ2n) is 6.99. The maximum atomic E-state index is 13.0. The van der Waals surface area contributed by atoms with Crippen molar-refractivity contribution in [1.82, 2.24) is 9.44 Å². The van der Waals surface area contributed by atoms with Crippen molar-refractivity contribution in [2.75, 3.05) is 18.5 Å². The van der Waals surface area contributed by atoms with Gasteiger partial charge in [-0.2, -0.15) is 0 Å². The Bertz CT molecular complexity index is 1290. The molecule has 1 atom stereocenters. The summed E-state index contributed by atoms with van der Waals surface area (Å²) in [5.41, 5.74) is 1.82. The molecule has 0 aromatic heterocycles. The van der Waals surface area contributed by atoms with Crippen LogP contribution in [0.3, 0.4) is 0 Å². The molecule has 0 saturated carbocycles. The van der Waals surface area contributed by atoms with Gasteiger partial charge in [-0.3, -0.25) is 14.5 Å². The summed E-state index contributed by atoms with van der Waals surface area (Å²) < 4.78 is 53.1. The van der Waals surface area contributed by atoms with Crippen LogP contribution in [0.2, 0.25) is 0 Å². The number of rotatable bonds is 4. The Kier molecular flexibility index (Phi) is 4.91. The molecule has 0 aliphatic carbocycles. The Hall–Kier alpha value is -2.76. The lowest BCUT2D eigenvalue weighted by Gasteiger charge is -2.20. The molecule has 2 aliphatic rings. The van der Waals surface area contributed by atoms with Crippen LogP contribution in [0.25, 0.3) is 0 Å². The highest BCUT2D eigenvalue weighted by Crippen LogP contribution is 2.31. The van der Waals surface area contributed by atoms with E-state index in [1.54, 1.807) is 42.2 Å². The van der Waals surface area contributed by atoms with Gasteiger partial charge in [0.2, 0.25) is 10.0 Å². The van der Waals surface area contributed by atoms with Crippen LogP contribution >= 0.6 is 0 Å². The molecule has 0 spiro atoms. The quantitative estimate of drug-likeness (QED) is 0.709. The van der Waals surface area contributed by atoms with E-state index in [0.29, 0.717) is 24.2 Å². The number of carbonyl (C=O) groups excluding carboxylic acids is 1. The lowest BCUT2D eigenvalue weighted by atomic mass is 10.1. The SMILES string of the molecule is CNS(=O)(=O)c1ccc2c(c1)CCN2C(=O)[C@H](C)N=C1NS(=O)(=O)c2ccccc21. The molecule has 0 radical (unpaired) electrons. The first-order valence-electron chi connectivity index (χ1n) is 9.22. The Morgan fingerprint density at radius 1 is 1.23 bits per heavy atom. The zero-order valence-electron chi connectivity index (χ0n) is 16.3. The lowest BCUT2D eigenvalue weighted by Crippen LogP contribution is -2.37. The normalized spacial score (nSPS) is 19.3. The second-order valence-corrected chi connectivity index (χ2v) is 10.5. The van der Waals surface area contributed by atoms with Crippen LogP contribution in [0.1, 0.15) is 18.1 Å². The second kappa shape index (κ2) is 7.18. The first kappa shape index (κ1) is 20.5. The van der Waals surface area contributed by atoms with Gasteiger partial charge in [0.05, 0.1) is 9.79 Å². The number of anilines is 1. The highest BCUT2D eigenvalue weighted by atomic mass is 32.2. The van der Waals surface area contributed by atoms with Gasteiger partial charge in [-0.05, 0) is 56.3 Å². The molecule has 0 saturated heterocycles. The molecule has 30 heavy (non-hydrogen) atoms.